The van der Waals surface area contributed by atoms with Crippen LogP contribution in [0.1, 0.15) is 11.5 Å². The number of imidazole rings is 1. The minimum atomic E-state index is -0.451. The molecular weight excluding hydrogens is 244 g/mol. The highest BCUT2D eigenvalue weighted by atomic mass is 16.4. The molecule has 0 atom stereocenters. The van der Waals surface area contributed by atoms with Gasteiger partial charge < -0.3 is 14.7 Å². The van der Waals surface area contributed by atoms with Crippen molar-refractivity contribution in [2.45, 2.75) is 13.5 Å². The number of aromatic amines is 1. The monoisotopic (exact) mass is 258 g/mol. The van der Waals surface area contributed by atoms with Crippen LogP contribution in [-0.2, 0) is 13.6 Å². The van der Waals surface area contributed by atoms with Crippen molar-refractivity contribution in [3.05, 3.63) is 40.3 Å². The second-order valence-electron chi connectivity index (χ2n) is 4.45. The van der Waals surface area contributed by atoms with Gasteiger partial charge in [0, 0.05) is 18.3 Å². The van der Waals surface area contributed by atoms with E-state index in [1.54, 1.807) is 6.07 Å². The summed E-state index contributed by atoms with van der Waals surface area (Å²) in [6.45, 7) is 2.38. The molecule has 0 unspecified atom stereocenters. The normalized spacial score (nSPS) is 11.3. The minimum Gasteiger partial charge on any atom is -0.408 e. The lowest BCUT2D eigenvalue weighted by atomic mass is 10.1. The van der Waals surface area contributed by atoms with E-state index in [1.807, 2.05) is 30.7 Å². The lowest BCUT2D eigenvalue weighted by molar-refractivity contribution is 0.555. The van der Waals surface area contributed by atoms with Crippen molar-refractivity contribution in [2.75, 3.05) is 0 Å². The maximum atomic E-state index is 11.1. The molecule has 3 rings (SSSR count). The van der Waals surface area contributed by atoms with Crippen LogP contribution in [0, 0.1) is 6.92 Å². The fraction of sp³-hybridized carbons (Fsp3) is 0.231. The first kappa shape index (κ1) is 11.7. The van der Waals surface area contributed by atoms with Gasteiger partial charge in [0.05, 0.1) is 17.8 Å². The number of aromatic nitrogens is 3. The van der Waals surface area contributed by atoms with Crippen LogP contribution in [0.3, 0.4) is 0 Å². The van der Waals surface area contributed by atoms with Gasteiger partial charge in [-0.3, -0.25) is 4.98 Å². The molecule has 0 radical (unpaired) electrons. The standard InChI is InChI=1S/C13H14N4O2/c1-7-12(16-11(6-14)17(7)2)8-3-4-10-9(5-8)15-13(18)19-10/h3-5H,6,14H2,1-2H3,(H,15,18). The molecule has 2 heterocycles. The summed E-state index contributed by atoms with van der Waals surface area (Å²) in [5, 5.41) is 0. The van der Waals surface area contributed by atoms with E-state index in [9.17, 15) is 4.79 Å². The molecule has 6 nitrogen and oxygen atoms in total. The van der Waals surface area contributed by atoms with Crippen LogP contribution in [0.5, 0.6) is 0 Å². The quantitative estimate of drug-likeness (QED) is 0.724. The van der Waals surface area contributed by atoms with E-state index in [4.69, 9.17) is 10.2 Å². The predicted octanol–water partition coefficient (Wildman–Crippen LogP) is 1.29. The van der Waals surface area contributed by atoms with Gasteiger partial charge in [-0.1, -0.05) is 0 Å². The minimum absolute atomic E-state index is 0.391. The number of hydrogen-bond acceptors (Lipinski definition) is 4. The van der Waals surface area contributed by atoms with Crippen molar-refractivity contribution in [3.8, 4) is 11.3 Å². The van der Waals surface area contributed by atoms with Gasteiger partial charge in [0.2, 0.25) is 0 Å². The summed E-state index contributed by atoms with van der Waals surface area (Å²) in [5.74, 6) is 0.376. The van der Waals surface area contributed by atoms with E-state index in [-0.39, 0.29) is 0 Å². The molecule has 3 N–H and O–H groups in total. The summed E-state index contributed by atoms with van der Waals surface area (Å²) in [7, 11) is 1.94. The zero-order chi connectivity index (χ0) is 13.6. The first-order valence-electron chi connectivity index (χ1n) is 5.95. The Balaban J connectivity index is 2.21. The zero-order valence-corrected chi connectivity index (χ0v) is 10.7. The number of benzene rings is 1. The Bertz CT molecular complexity index is 810. The molecule has 0 aliphatic rings. The Morgan fingerprint density at radius 3 is 2.95 bits per heavy atom. The van der Waals surface area contributed by atoms with Crippen LogP contribution in [0.15, 0.2) is 27.4 Å². The molecule has 0 saturated heterocycles. The van der Waals surface area contributed by atoms with Crippen molar-refractivity contribution >= 4 is 11.1 Å². The second-order valence-corrected chi connectivity index (χ2v) is 4.45. The van der Waals surface area contributed by atoms with Gasteiger partial charge in [-0.15, -0.1) is 0 Å². The number of hydrogen-bond donors (Lipinski definition) is 2. The van der Waals surface area contributed by atoms with E-state index in [1.165, 1.54) is 0 Å². The van der Waals surface area contributed by atoms with Crippen LogP contribution >= 0.6 is 0 Å². The molecule has 0 aliphatic carbocycles. The molecular formula is C13H14N4O2. The van der Waals surface area contributed by atoms with E-state index >= 15 is 0 Å². The average Bonchev–Trinajstić information content (AvgIpc) is 2.90. The van der Waals surface area contributed by atoms with Crippen molar-refractivity contribution in [1.82, 2.24) is 14.5 Å². The number of H-pyrrole nitrogens is 1. The highest BCUT2D eigenvalue weighted by Gasteiger charge is 2.13. The molecule has 98 valence electrons. The van der Waals surface area contributed by atoms with Crippen LogP contribution in [-0.4, -0.2) is 14.5 Å². The number of nitrogens with two attached hydrogens (primary N) is 1. The van der Waals surface area contributed by atoms with Gasteiger partial charge in [-0.05, 0) is 25.1 Å². The third-order valence-electron chi connectivity index (χ3n) is 3.35. The zero-order valence-electron chi connectivity index (χ0n) is 10.7. The Hall–Kier alpha value is -2.34. The van der Waals surface area contributed by atoms with Crippen LogP contribution in [0.4, 0.5) is 0 Å². The molecule has 0 fully saturated rings. The first-order valence-corrected chi connectivity index (χ1v) is 5.95. The van der Waals surface area contributed by atoms with Crippen molar-refractivity contribution in [1.29, 1.82) is 0 Å². The third-order valence-corrected chi connectivity index (χ3v) is 3.35. The van der Waals surface area contributed by atoms with Gasteiger partial charge in [0.1, 0.15) is 5.82 Å². The summed E-state index contributed by atoms with van der Waals surface area (Å²) in [6.07, 6.45) is 0. The molecule has 0 amide bonds. The molecule has 1 aromatic carbocycles. The average molecular weight is 258 g/mol. The topological polar surface area (TPSA) is 89.8 Å². The Kier molecular flexibility index (Phi) is 2.53. The van der Waals surface area contributed by atoms with E-state index in [0.29, 0.717) is 17.6 Å². The van der Waals surface area contributed by atoms with Crippen molar-refractivity contribution in [3.63, 3.8) is 0 Å². The lowest BCUT2D eigenvalue weighted by Gasteiger charge is -2.00. The van der Waals surface area contributed by atoms with Crippen LogP contribution < -0.4 is 11.5 Å². The fourth-order valence-electron chi connectivity index (χ4n) is 2.19. The molecule has 0 aliphatic heterocycles. The fourth-order valence-corrected chi connectivity index (χ4v) is 2.19. The molecule has 6 heteroatoms. The van der Waals surface area contributed by atoms with Gasteiger partial charge in [0.25, 0.3) is 0 Å². The summed E-state index contributed by atoms with van der Waals surface area (Å²) in [4.78, 5) is 18.3. The number of fused-ring (bicyclic) bond motifs is 1. The first-order chi connectivity index (χ1) is 9.10. The molecule has 0 saturated carbocycles. The number of oxazole rings is 1. The SMILES string of the molecule is Cc1c(-c2ccc3oc(=O)[nH]c3c2)nc(CN)n1C. The number of nitrogens with zero attached hydrogens (tertiary/aromatic N) is 2. The van der Waals surface area contributed by atoms with E-state index in [2.05, 4.69) is 9.97 Å². The Morgan fingerprint density at radius 2 is 2.26 bits per heavy atom. The van der Waals surface area contributed by atoms with E-state index in [0.717, 1.165) is 22.8 Å². The van der Waals surface area contributed by atoms with Crippen molar-refractivity contribution in [2.24, 2.45) is 12.8 Å². The maximum Gasteiger partial charge on any atom is 0.417 e. The molecule has 19 heavy (non-hydrogen) atoms. The predicted molar refractivity (Wildman–Crippen MR) is 71.7 cm³/mol. The summed E-state index contributed by atoms with van der Waals surface area (Å²) >= 11 is 0. The number of rotatable bonds is 2. The van der Waals surface area contributed by atoms with E-state index < -0.39 is 5.76 Å². The smallest absolute Gasteiger partial charge is 0.408 e. The maximum absolute atomic E-state index is 11.1. The molecule has 0 bridgehead atoms. The molecule has 3 aromatic rings. The molecule has 2 aromatic heterocycles. The highest BCUT2D eigenvalue weighted by molar-refractivity contribution is 5.79. The van der Waals surface area contributed by atoms with Crippen LogP contribution in [0.2, 0.25) is 0 Å². The summed E-state index contributed by atoms with van der Waals surface area (Å²) in [5.41, 5.74) is 9.70. The highest BCUT2D eigenvalue weighted by Crippen LogP contribution is 2.25. The second kappa shape index (κ2) is 4.10. The summed E-state index contributed by atoms with van der Waals surface area (Å²) in [6, 6.07) is 5.50. The molecule has 0 spiro atoms. The Labute approximate surface area is 108 Å². The van der Waals surface area contributed by atoms with Crippen molar-refractivity contribution < 1.29 is 4.42 Å². The summed E-state index contributed by atoms with van der Waals surface area (Å²) < 4.78 is 6.95. The van der Waals surface area contributed by atoms with Gasteiger partial charge in [-0.25, -0.2) is 9.78 Å². The van der Waals surface area contributed by atoms with Crippen LogP contribution in [0.25, 0.3) is 22.4 Å². The van der Waals surface area contributed by atoms with Gasteiger partial charge in [0.15, 0.2) is 5.58 Å². The largest absolute Gasteiger partial charge is 0.417 e. The van der Waals surface area contributed by atoms with Gasteiger partial charge in [-0.2, -0.15) is 0 Å². The Morgan fingerprint density at radius 1 is 1.47 bits per heavy atom. The lowest BCUT2D eigenvalue weighted by Crippen LogP contribution is -2.05. The number of nitrogens with one attached hydrogen (secondary N) is 1. The van der Waals surface area contributed by atoms with Gasteiger partial charge >= 0.3 is 5.76 Å². The third kappa shape index (κ3) is 1.77.